The van der Waals surface area contributed by atoms with Crippen molar-refractivity contribution in [1.82, 2.24) is 0 Å². The van der Waals surface area contributed by atoms with E-state index >= 15 is 0 Å². The molecule has 0 heterocycles. The predicted octanol–water partition coefficient (Wildman–Crippen LogP) is 16.5. The Bertz CT molecular complexity index is 2810. The predicted molar refractivity (Wildman–Crippen MR) is 261 cm³/mol. The fourth-order valence-corrected chi connectivity index (χ4v) is 9.61. The summed E-state index contributed by atoms with van der Waals surface area (Å²) in [4.78, 5) is 0. The van der Waals surface area contributed by atoms with Gasteiger partial charge in [0.2, 0.25) is 0 Å². The molecule has 0 bridgehead atoms. The maximum Gasteiger partial charge on any atom is 0.530 e. The van der Waals surface area contributed by atoms with Crippen molar-refractivity contribution in [3.63, 3.8) is 0 Å². The second kappa shape index (κ2) is 19.2. The minimum Gasteiger partial charge on any atom is -0.409 e. The Morgan fingerprint density at radius 2 is 0.516 bits per heavy atom. The van der Waals surface area contributed by atoms with Crippen molar-refractivity contribution in [3.8, 4) is 67.9 Å². The molecule has 0 aliphatic carbocycles. The Balaban J connectivity index is 1.28. The standard InChI is InChI=1S/C56H40O6P2/c1-7-23-41(24-8-1)51-39-43-27-19-21-37-49(43)53(55(51)61-63(57-45-29-11-3-12-30-45)58-46-31-13-4-14-32-46)54-50-38-22-20-28-44(50)40-52(42-25-9-2-10-26-42)56(54)62-64(59-47-33-15-5-16-34-47)60-48-35-17-6-18-36-48/h1-40H. The first-order valence-corrected chi connectivity index (χ1v) is 23.0. The highest BCUT2D eigenvalue weighted by Crippen LogP contribution is 2.58. The molecule has 0 aliphatic rings. The number of hydrogen-bond donors (Lipinski definition) is 0. The van der Waals surface area contributed by atoms with Crippen LogP contribution in [0.15, 0.2) is 243 Å². The first-order valence-electron chi connectivity index (χ1n) is 20.8. The lowest BCUT2D eigenvalue weighted by Gasteiger charge is -2.26. The van der Waals surface area contributed by atoms with Gasteiger partial charge in [0.1, 0.15) is 34.5 Å². The van der Waals surface area contributed by atoms with Crippen LogP contribution in [-0.2, 0) is 0 Å². The van der Waals surface area contributed by atoms with Gasteiger partial charge >= 0.3 is 17.2 Å². The van der Waals surface area contributed by atoms with Crippen molar-refractivity contribution in [3.05, 3.63) is 243 Å². The van der Waals surface area contributed by atoms with Crippen LogP contribution in [-0.4, -0.2) is 0 Å². The summed E-state index contributed by atoms with van der Waals surface area (Å²) in [5, 5.41) is 3.88. The van der Waals surface area contributed by atoms with Gasteiger partial charge in [-0.3, -0.25) is 0 Å². The lowest BCUT2D eigenvalue weighted by Crippen LogP contribution is -2.07. The summed E-state index contributed by atoms with van der Waals surface area (Å²) < 4.78 is 41.4. The summed E-state index contributed by atoms with van der Waals surface area (Å²) in [6.45, 7) is 0. The Labute approximate surface area is 374 Å². The first kappa shape index (κ1) is 40.5. The molecule has 10 aromatic carbocycles. The molecule has 0 atom stereocenters. The van der Waals surface area contributed by atoms with Gasteiger partial charge in [0.05, 0.1) is 0 Å². The molecule has 6 nitrogen and oxygen atoms in total. The second-order valence-electron chi connectivity index (χ2n) is 14.7. The van der Waals surface area contributed by atoms with Crippen LogP contribution in [0.2, 0.25) is 0 Å². The third-order valence-electron chi connectivity index (χ3n) is 10.4. The number of benzene rings is 10. The van der Waals surface area contributed by atoms with E-state index in [0.717, 1.165) is 54.9 Å². The molecule has 0 N–H and O–H groups in total. The van der Waals surface area contributed by atoms with Gasteiger partial charge in [0, 0.05) is 22.3 Å². The normalized spacial score (nSPS) is 11.1. The molecule has 0 saturated heterocycles. The van der Waals surface area contributed by atoms with Gasteiger partial charge in [-0.1, -0.05) is 182 Å². The molecule has 0 saturated carbocycles. The maximum atomic E-state index is 7.35. The third-order valence-corrected chi connectivity index (χ3v) is 12.5. The van der Waals surface area contributed by atoms with Gasteiger partial charge in [-0.05, 0) is 93.3 Å². The monoisotopic (exact) mass is 870 g/mol. The van der Waals surface area contributed by atoms with E-state index < -0.39 is 17.2 Å². The number of rotatable bonds is 15. The third kappa shape index (κ3) is 9.12. The smallest absolute Gasteiger partial charge is 0.409 e. The summed E-state index contributed by atoms with van der Waals surface area (Å²) in [6.07, 6.45) is 0. The highest BCUT2D eigenvalue weighted by atomic mass is 31.2. The molecule has 10 aromatic rings. The van der Waals surface area contributed by atoms with Gasteiger partial charge in [-0.15, -0.1) is 0 Å². The minimum atomic E-state index is -2.13. The van der Waals surface area contributed by atoms with Gasteiger partial charge in [0.25, 0.3) is 0 Å². The zero-order valence-electron chi connectivity index (χ0n) is 34.4. The Morgan fingerprint density at radius 1 is 0.250 bits per heavy atom. The zero-order chi connectivity index (χ0) is 42.9. The van der Waals surface area contributed by atoms with E-state index in [9.17, 15) is 0 Å². The van der Waals surface area contributed by atoms with Crippen LogP contribution in [0.4, 0.5) is 0 Å². The maximum absolute atomic E-state index is 7.35. The fourth-order valence-electron chi connectivity index (χ4n) is 7.54. The Morgan fingerprint density at radius 3 is 0.828 bits per heavy atom. The zero-order valence-corrected chi connectivity index (χ0v) is 36.2. The van der Waals surface area contributed by atoms with Crippen LogP contribution in [0.5, 0.6) is 34.5 Å². The highest BCUT2D eigenvalue weighted by molar-refractivity contribution is 7.43. The van der Waals surface area contributed by atoms with Crippen molar-refractivity contribution in [1.29, 1.82) is 0 Å². The van der Waals surface area contributed by atoms with Crippen LogP contribution in [0.25, 0.3) is 54.9 Å². The lowest BCUT2D eigenvalue weighted by molar-refractivity contribution is 0.386. The molecule has 310 valence electrons. The Kier molecular flexibility index (Phi) is 12.1. The van der Waals surface area contributed by atoms with Crippen LogP contribution in [0, 0.1) is 0 Å². The van der Waals surface area contributed by atoms with E-state index in [2.05, 4.69) is 84.9 Å². The molecule has 0 fully saturated rings. The quantitative estimate of drug-likeness (QED) is 0.0957. The molecular weight excluding hydrogens is 831 g/mol. The molecular formula is C56H40O6P2. The van der Waals surface area contributed by atoms with Gasteiger partial charge in [-0.2, -0.15) is 0 Å². The SMILES string of the molecule is c1ccc(OP(Oc2ccccc2)Oc2c(-c3ccccc3)cc3ccccc3c2-c2c(OP(Oc3ccccc3)Oc3ccccc3)c(-c3ccccc3)cc3ccccc23)cc1. The van der Waals surface area contributed by atoms with Crippen LogP contribution in [0.1, 0.15) is 0 Å². The van der Waals surface area contributed by atoms with Crippen molar-refractivity contribution in [2.24, 2.45) is 0 Å². The molecule has 0 radical (unpaired) electrons. The average Bonchev–Trinajstić information content (AvgIpc) is 3.35. The van der Waals surface area contributed by atoms with Gasteiger partial charge in [0.15, 0.2) is 0 Å². The van der Waals surface area contributed by atoms with Gasteiger partial charge in [-0.25, -0.2) is 0 Å². The van der Waals surface area contributed by atoms with Crippen LogP contribution < -0.4 is 27.1 Å². The summed E-state index contributed by atoms with van der Waals surface area (Å²) in [5.41, 5.74) is 5.17. The number of para-hydroxylation sites is 4. The highest BCUT2D eigenvalue weighted by Gasteiger charge is 2.32. The summed E-state index contributed by atoms with van der Waals surface area (Å²) in [6, 6.07) is 80.1. The molecule has 0 aromatic heterocycles. The summed E-state index contributed by atoms with van der Waals surface area (Å²) in [7, 11) is -4.26. The molecule has 0 spiro atoms. The van der Waals surface area contributed by atoms with Crippen LogP contribution >= 0.6 is 17.2 Å². The summed E-state index contributed by atoms with van der Waals surface area (Å²) in [5.74, 6) is 3.54. The van der Waals surface area contributed by atoms with E-state index in [0.29, 0.717) is 34.5 Å². The van der Waals surface area contributed by atoms with Crippen molar-refractivity contribution in [2.75, 3.05) is 0 Å². The van der Waals surface area contributed by atoms with Crippen LogP contribution in [0.3, 0.4) is 0 Å². The summed E-state index contributed by atoms with van der Waals surface area (Å²) >= 11 is 0. The Hall–Kier alpha value is -7.62. The molecule has 0 unspecified atom stereocenters. The van der Waals surface area contributed by atoms with Crippen molar-refractivity contribution in [2.45, 2.75) is 0 Å². The van der Waals surface area contributed by atoms with Gasteiger partial charge < -0.3 is 27.1 Å². The minimum absolute atomic E-state index is 0.556. The topological polar surface area (TPSA) is 55.4 Å². The van der Waals surface area contributed by atoms with Crippen molar-refractivity contribution >= 4 is 38.7 Å². The fraction of sp³-hybridized carbons (Fsp3) is 0. The van der Waals surface area contributed by atoms with E-state index in [-0.39, 0.29) is 0 Å². The first-order chi connectivity index (χ1) is 31.7. The van der Waals surface area contributed by atoms with E-state index in [1.54, 1.807) is 0 Å². The molecule has 0 aliphatic heterocycles. The average molecular weight is 871 g/mol. The van der Waals surface area contributed by atoms with E-state index in [4.69, 9.17) is 27.1 Å². The molecule has 0 amide bonds. The molecule has 8 heteroatoms. The largest absolute Gasteiger partial charge is 0.530 e. The molecule has 64 heavy (non-hydrogen) atoms. The molecule has 10 rings (SSSR count). The second-order valence-corrected chi connectivity index (χ2v) is 16.7. The van der Waals surface area contributed by atoms with E-state index in [1.165, 1.54) is 0 Å². The number of fused-ring (bicyclic) bond motifs is 2. The number of hydrogen-bond acceptors (Lipinski definition) is 6. The lowest BCUT2D eigenvalue weighted by atomic mass is 9.86. The van der Waals surface area contributed by atoms with E-state index in [1.807, 2.05) is 158 Å². The van der Waals surface area contributed by atoms with Crippen molar-refractivity contribution < 1.29 is 27.1 Å².